The number of fused-ring (bicyclic) bond motifs is 1. The standard InChI is InChI=1S/C11H20N2O2/c1-11(2,3)9-4-7-5-12-6-8(7)13(9)10(14)15/h7-9,12H,4-6H2,1-3H3,(H,14,15)/t7-,8+,9?/m1/s1. The molecule has 2 rings (SSSR count). The molecule has 2 aliphatic rings. The summed E-state index contributed by atoms with van der Waals surface area (Å²) >= 11 is 0. The lowest BCUT2D eigenvalue weighted by atomic mass is 9.84. The van der Waals surface area contributed by atoms with Crippen molar-refractivity contribution < 1.29 is 9.90 Å². The molecule has 2 heterocycles. The van der Waals surface area contributed by atoms with Crippen LogP contribution in [0, 0.1) is 11.3 Å². The third-order valence-electron chi connectivity index (χ3n) is 3.74. The van der Waals surface area contributed by atoms with Gasteiger partial charge in [0.05, 0.1) is 6.04 Å². The van der Waals surface area contributed by atoms with Crippen molar-refractivity contribution in [2.75, 3.05) is 13.1 Å². The Hall–Kier alpha value is -0.770. The van der Waals surface area contributed by atoms with Gasteiger partial charge in [-0.15, -0.1) is 0 Å². The maximum Gasteiger partial charge on any atom is 0.407 e. The van der Waals surface area contributed by atoms with E-state index in [4.69, 9.17) is 0 Å². The van der Waals surface area contributed by atoms with Gasteiger partial charge >= 0.3 is 6.09 Å². The van der Waals surface area contributed by atoms with Crippen LogP contribution in [0.4, 0.5) is 4.79 Å². The fourth-order valence-corrected chi connectivity index (χ4v) is 2.96. The first-order valence-corrected chi connectivity index (χ1v) is 5.63. The van der Waals surface area contributed by atoms with E-state index in [1.54, 1.807) is 4.90 Å². The summed E-state index contributed by atoms with van der Waals surface area (Å²) in [5.74, 6) is 0.519. The van der Waals surface area contributed by atoms with Gasteiger partial charge in [-0.05, 0) is 17.8 Å². The first kappa shape index (κ1) is 10.7. The molecule has 0 aliphatic carbocycles. The van der Waals surface area contributed by atoms with Crippen molar-refractivity contribution in [3.05, 3.63) is 0 Å². The van der Waals surface area contributed by atoms with Crippen molar-refractivity contribution in [3.63, 3.8) is 0 Å². The highest BCUT2D eigenvalue weighted by atomic mass is 16.4. The van der Waals surface area contributed by atoms with Crippen LogP contribution in [0.15, 0.2) is 0 Å². The minimum atomic E-state index is -0.758. The second kappa shape index (κ2) is 3.37. The molecule has 3 atom stereocenters. The van der Waals surface area contributed by atoms with Crippen LogP contribution in [0.3, 0.4) is 0 Å². The van der Waals surface area contributed by atoms with Crippen molar-refractivity contribution in [1.82, 2.24) is 10.2 Å². The number of nitrogens with zero attached hydrogens (tertiary/aromatic N) is 1. The van der Waals surface area contributed by atoms with Gasteiger partial charge < -0.3 is 15.3 Å². The predicted octanol–water partition coefficient (Wildman–Crippen LogP) is 1.37. The monoisotopic (exact) mass is 212 g/mol. The Kier molecular flexibility index (Phi) is 2.41. The lowest BCUT2D eigenvalue weighted by Gasteiger charge is -2.35. The van der Waals surface area contributed by atoms with Crippen molar-refractivity contribution in [2.24, 2.45) is 11.3 Å². The van der Waals surface area contributed by atoms with Gasteiger partial charge in [-0.1, -0.05) is 20.8 Å². The smallest absolute Gasteiger partial charge is 0.407 e. The van der Waals surface area contributed by atoms with E-state index in [0.717, 1.165) is 19.5 Å². The Morgan fingerprint density at radius 3 is 2.60 bits per heavy atom. The van der Waals surface area contributed by atoms with E-state index in [1.807, 2.05) is 0 Å². The van der Waals surface area contributed by atoms with Crippen LogP contribution < -0.4 is 5.32 Å². The molecule has 0 radical (unpaired) electrons. The Labute approximate surface area is 90.6 Å². The summed E-state index contributed by atoms with van der Waals surface area (Å²) in [5.41, 5.74) is 0.0444. The highest BCUT2D eigenvalue weighted by Gasteiger charge is 2.49. The van der Waals surface area contributed by atoms with E-state index in [0.29, 0.717) is 5.92 Å². The Morgan fingerprint density at radius 1 is 1.40 bits per heavy atom. The molecule has 0 aromatic rings. The fourth-order valence-electron chi connectivity index (χ4n) is 2.96. The van der Waals surface area contributed by atoms with Gasteiger partial charge in [0.1, 0.15) is 0 Å². The molecule has 0 bridgehead atoms. The normalized spacial score (nSPS) is 35.7. The third-order valence-corrected chi connectivity index (χ3v) is 3.74. The lowest BCUT2D eigenvalue weighted by Crippen LogP contribution is -2.48. The predicted molar refractivity (Wildman–Crippen MR) is 57.9 cm³/mol. The summed E-state index contributed by atoms with van der Waals surface area (Å²) in [4.78, 5) is 13.0. The molecule has 0 spiro atoms. The van der Waals surface area contributed by atoms with Crippen LogP contribution in [0.5, 0.6) is 0 Å². The molecule has 0 aromatic heterocycles. The van der Waals surface area contributed by atoms with Crippen molar-refractivity contribution in [1.29, 1.82) is 0 Å². The molecule has 2 fully saturated rings. The van der Waals surface area contributed by atoms with Crippen molar-refractivity contribution >= 4 is 6.09 Å². The Balaban J connectivity index is 2.23. The fraction of sp³-hybridized carbons (Fsp3) is 0.909. The van der Waals surface area contributed by atoms with Crippen LogP contribution in [0.2, 0.25) is 0 Å². The zero-order chi connectivity index (χ0) is 11.2. The number of carboxylic acid groups (broad SMARTS) is 1. The van der Waals surface area contributed by atoms with Gasteiger partial charge in [-0.25, -0.2) is 4.79 Å². The molecule has 0 saturated carbocycles. The molecule has 15 heavy (non-hydrogen) atoms. The molecule has 2 saturated heterocycles. The van der Waals surface area contributed by atoms with Crippen molar-refractivity contribution in [2.45, 2.75) is 39.3 Å². The summed E-state index contributed by atoms with van der Waals surface area (Å²) < 4.78 is 0. The third kappa shape index (κ3) is 1.71. The Morgan fingerprint density at radius 2 is 2.07 bits per heavy atom. The number of hydrogen-bond donors (Lipinski definition) is 2. The van der Waals surface area contributed by atoms with E-state index in [1.165, 1.54) is 0 Å². The van der Waals surface area contributed by atoms with E-state index in [9.17, 15) is 9.90 Å². The number of nitrogens with one attached hydrogen (secondary N) is 1. The maximum atomic E-state index is 11.3. The average Bonchev–Trinajstić information content (AvgIpc) is 2.56. The molecular formula is C11H20N2O2. The topological polar surface area (TPSA) is 52.6 Å². The van der Waals surface area contributed by atoms with Crippen LogP contribution in [-0.4, -0.2) is 41.3 Å². The molecule has 2 N–H and O–H groups in total. The highest BCUT2D eigenvalue weighted by Crippen LogP contribution is 2.40. The van der Waals surface area contributed by atoms with Gasteiger partial charge in [-0.3, -0.25) is 0 Å². The van der Waals surface area contributed by atoms with Gasteiger partial charge in [0.2, 0.25) is 0 Å². The zero-order valence-corrected chi connectivity index (χ0v) is 9.66. The van der Waals surface area contributed by atoms with E-state index in [-0.39, 0.29) is 17.5 Å². The minimum absolute atomic E-state index is 0.0444. The first-order valence-electron chi connectivity index (χ1n) is 5.63. The van der Waals surface area contributed by atoms with Crippen LogP contribution >= 0.6 is 0 Å². The van der Waals surface area contributed by atoms with Gasteiger partial charge in [-0.2, -0.15) is 0 Å². The number of hydrogen-bond acceptors (Lipinski definition) is 2. The van der Waals surface area contributed by atoms with Crippen LogP contribution in [0.1, 0.15) is 27.2 Å². The number of likely N-dealkylation sites (tertiary alicyclic amines) is 1. The summed E-state index contributed by atoms with van der Waals surface area (Å²) in [7, 11) is 0. The molecule has 1 unspecified atom stereocenters. The van der Waals surface area contributed by atoms with Gasteiger partial charge in [0, 0.05) is 19.1 Å². The summed E-state index contributed by atoms with van der Waals surface area (Å²) in [6.45, 7) is 8.18. The van der Waals surface area contributed by atoms with Crippen molar-refractivity contribution in [3.8, 4) is 0 Å². The largest absolute Gasteiger partial charge is 0.465 e. The van der Waals surface area contributed by atoms with Crippen LogP contribution in [-0.2, 0) is 0 Å². The summed E-state index contributed by atoms with van der Waals surface area (Å²) in [6, 6.07) is 0.374. The van der Waals surface area contributed by atoms with Gasteiger partial charge in [0.25, 0.3) is 0 Å². The summed E-state index contributed by atoms with van der Waals surface area (Å²) in [6.07, 6.45) is 0.249. The number of amides is 1. The Bertz CT molecular complexity index is 272. The molecule has 0 aromatic carbocycles. The number of carbonyl (C=O) groups is 1. The first-order chi connectivity index (χ1) is 6.91. The van der Waals surface area contributed by atoms with E-state index < -0.39 is 6.09 Å². The molecular weight excluding hydrogens is 192 g/mol. The SMILES string of the molecule is CC(C)(C)C1C[C@@H]2CNC[C@@H]2N1C(=O)O. The zero-order valence-electron chi connectivity index (χ0n) is 9.66. The second-order valence-corrected chi connectivity index (χ2v) is 5.79. The molecule has 86 valence electrons. The maximum absolute atomic E-state index is 11.3. The molecule has 2 aliphatic heterocycles. The van der Waals surface area contributed by atoms with E-state index in [2.05, 4.69) is 26.1 Å². The lowest BCUT2D eigenvalue weighted by molar-refractivity contribution is 0.0881. The molecule has 4 heteroatoms. The van der Waals surface area contributed by atoms with Crippen LogP contribution in [0.25, 0.3) is 0 Å². The van der Waals surface area contributed by atoms with E-state index >= 15 is 0 Å². The second-order valence-electron chi connectivity index (χ2n) is 5.79. The average molecular weight is 212 g/mol. The minimum Gasteiger partial charge on any atom is -0.465 e. The van der Waals surface area contributed by atoms with Gasteiger partial charge in [0.15, 0.2) is 0 Å². The summed E-state index contributed by atoms with van der Waals surface area (Å²) in [5, 5.41) is 12.6. The quantitative estimate of drug-likeness (QED) is 0.637. The highest BCUT2D eigenvalue weighted by molar-refractivity contribution is 5.67. The molecule has 4 nitrogen and oxygen atoms in total. The molecule has 1 amide bonds. The number of rotatable bonds is 0.